The molecule has 10 heteroatoms. The normalized spacial score (nSPS) is 25.1. The largest absolute Gasteiger partial charge is 0.427 e. The van der Waals surface area contributed by atoms with Crippen molar-refractivity contribution >= 4 is 28.4 Å². The fourth-order valence-electron chi connectivity index (χ4n) is 2.90. The molecule has 0 aromatic carbocycles. The summed E-state index contributed by atoms with van der Waals surface area (Å²) in [6.45, 7) is 3.97. The minimum Gasteiger partial charge on any atom is -0.345 e. The van der Waals surface area contributed by atoms with Gasteiger partial charge in [-0.05, 0) is 20.3 Å². The van der Waals surface area contributed by atoms with Crippen molar-refractivity contribution in [2.45, 2.75) is 38.0 Å². The van der Waals surface area contributed by atoms with Gasteiger partial charge < -0.3 is 10.2 Å². The minimum atomic E-state index is -4.43. The van der Waals surface area contributed by atoms with Crippen LogP contribution < -0.4 is 10.2 Å². The van der Waals surface area contributed by atoms with E-state index in [9.17, 15) is 22.8 Å². The number of carbonyl (C=O) groups excluding carboxylic acids is 2. The number of nitrogens with one attached hydrogen (secondary N) is 1. The van der Waals surface area contributed by atoms with E-state index in [0.717, 1.165) is 11.1 Å². The zero-order chi connectivity index (χ0) is 17.0. The van der Waals surface area contributed by atoms with Gasteiger partial charge >= 0.3 is 12.2 Å². The van der Waals surface area contributed by atoms with Gasteiger partial charge in [0.2, 0.25) is 0 Å². The van der Waals surface area contributed by atoms with E-state index in [1.54, 1.807) is 18.7 Å². The maximum atomic E-state index is 12.7. The molecule has 6 nitrogen and oxygen atoms in total. The number of halogens is 3. The Labute approximate surface area is 134 Å². The summed E-state index contributed by atoms with van der Waals surface area (Å²) in [6.07, 6.45) is -3.29. The molecule has 1 atom stereocenters. The van der Waals surface area contributed by atoms with E-state index in [2.05, 4.69) is 10.3 Å². The zero-order valence-electron chi connectivity index (χ0n) is 12.5. The second-order valence-electron chi connectivity index (χ2n) is 5.96. The Kier molecular flexibility index (Phi) is 3.54. The fraction of sp³-hybridized carbons (Fsp3) is 0.615. The van der Waals surface area contributed by atoms with Gasteiger partial charge in [-0.15, -0.1) is 0 Å². The lowest BCUT2D eigenvalue weighted by Gasteiger charge is -2.22. The standard InChI is InChI=1S/C13H15F3N4O2S/c1-7(2)20-9(21)12(18-10(20)22)3-4-19(6-12)11-17-5-8(23-11)13(14,15)16/h5,7H,3-4,6H2,1-2H3,(H,18,22). The lowest BCUT2D eigenvalue weighted by Crippen LogP contribution is -2.49. The topological polar surface area (TPSA) is 65.5 Å². The first-order chi connectivity index (χ1) is 10.6. The molecule has 3 rings (SSSR count). The number of hydrogen-bond donors (Lipinski definition) is 1. The predicted octanol–water partition coefficient (Wildman–Crippen LogP) is 2.07. The maximum Gasteiger partial charge on any atom is 0.427 e. The van der Waals surface area contributed by atoms with Crippen molar-refractivity contribution < 1.29 is 22.8 Å². The molecular weight excluding hydrogens is 333 g/mol. The third-order valence-electron chi connectivity index (χ3n) is 4.02. The highest BCUT2D eigenvalue weighted by atomic mass is 32.1. The first-order valence-corrected chi connectivity index (χ1v) is 7.89. The van der Waals surface area contributed by atoms with Crippen LogP contribution >= 0.6 is 11.3 Å². The van der Waals surface area contributed by atoms with Crippen molar-refractivity contribution in [3.8, 4) is 0 Å². The van der Waals surface area contributed by atoms with Crippen LogP contribution in [0.4, 0.5) is 23.1 Å². The van der Waals surface area contributed by atoms with E-state index in [-0.39, 0.29) is 23.6 Å². The summed E-state index contributed by atoms with van der Waals surface area (Å²) < 4.78 is 38.0. The van der Waals surface area contributed by atoms with E-state index >= 15 is 0 Å². The summed E-state index contributed by atoms with van der Waals surface area (Å²) in [5.41, 5.74) is -1.06. The Morgan fingerprint density at radius 3 is 2.61 bits per heavy atom. The molecule has 0 aliphatic carbocycles. The quantitative estimate of drug-likeness (QED) is 0.831. The van der Waals surface area contributed by atoms with Crippen LogP contribution in [0.25, 0.3) is 0 Å². The van der Waals surface area contributed by atoms with Crippen molar-refractivity contribution in [2.75, 3.05) is 18.0 Å². The third kappa shape index (κ3) is 2.54. The smallest absolute Gasteiger partial charge is 0.345 e. The van der Waals surface area contributed by atoms with E-state index in [1.165, 1.54) is 0 Å². The van der Waals surface area contributed by atoms with Gasteiger partial charge in [-0.3, -0.25) is 9.69 Å². The average molecular weight is 348 g/mol. The zero-order valence-corrected chi connectivity index (χ0v) is 13.3. The van der Waals surface area contributed by atoms with Crippen molar-refractivity contribution in [1.82, 2.24) is 15.2 Å². The van der Waals surface area contributed by atoms with Gasteiger partial charge in [0.05, 0.1) is 12.7 Å². The molecule has 2 fully saturated rings. The molecule has 1 aromatic rings. The van der Waals surface area contributed by atoms with Crippen LogP contribution in [-0.4, -0.2) is 46.5 Å². The molecule has 1 aromatic heterocycles. The number of urea groups is 1. The lowest BCUT2D eigenvalue weighted by atomic mass is 9.99. The lowest BCUT2D eigenvalue weighted by molar-refractivity contribution is -0.134. The van der Waals surface area contributed by atoms with E-state index < -0.39 is 22.6 Å². The van der Waals surface area contributed by atoms with Gasteiger partial charge in [-0.25, -0.2) is 9.78 Å². The maximum absolute atomic E-state index is 12.7. The summed E-state index contributed by atoms with van der Waals surface area (Å²) in [4.78, 5) is 30.3. The highest BCUT2D eigenvalue weighted by Crippen LogP contribution is 2.39. The van der Waals surface area contributed by atoms with Crippen LogP contribution in [0.2, 0.25) is 0 Å². The summed E-state index contributed by atoms with van der Waals surface area (Å²) in [7, 11) is 0. The highest BCUT2D eigenvalue weighted by Gasteiger charge is 2.55. The number of anilines is 1. The van der Waals surface area contributed by atoms with E-state index in [4.69, 9.17) is 0 Å². The highest BCUT2D eigenvalue weighted by molar-refractivity contribution is 7.15. The Morgan fingerprint density at radius 2 is 2.09 bits per heavy atom. The summed E-state index contributed by atoms with van der Waals surface area (Å²) in [6, 6.07) is -0.727. The number of thiazole rings is 1. The molecule has 1 spiro atoms. The van der Waals surface area contributed by atoms with Crippen LogP contribution in [0.5, 0.6) is 0 Å². The monoisotopic (exact) mass is 348 g/mol. The Morgan fingerprint density at radius 1 is 1.39 bits per heavy atom. The molecule has 0 radical (unpaired) electrons. The predicted molar refractivity (Wildman–Crippen MR) is 77.2 cm³/mol. The number of amides is 3. The molecule has 2 saturated heterocycles. The molecule has 2 aliphatic rings. The average Bonchev–Trinajstić information content (AvgIpc) is 3.08. The summed E-state index contributed by atoms with van der Waals surface area (Å²) in [5, 5.41) is 2.91. The SMILES string of the molecule is CC(C)N1C(=O)NC2(CCN(c3ncc(C(F)(F)F)s3)C2)C1=O. The molecule has 0 saturated carbocycles. The van der Waals surface area contributed by atoms with Crippen LogP contribution in [0.3, 0.4) is 0 Å². The molecule has 3 amide bonds. The van der Waals surface area contributed by atoms with Gasteiger partial charge in [0, 0.05) is 12.6 Å². The summed E-state index contributed by atoms with van der Waals surface area (Å²) >= 11 is 0.541. The van der Waals surface area contributed by atoms with Gasteiger partial charge in [0.25, 0.3) is 5.91 Å². The molecule has 1 N–H and O–H groups in total. The van der Waals surface area contributed by atoms with E-state index in [0.29, 0.717) is 24.3 Å². The van der Waals surface area contributed by atoms with Gasteiger partial charge in [0.15, 0.2) is 5.13 Å². The third-order valence-corrected chi connectivity index (χ3v) is 5.13. The van der Waals surface area contributed by atoms with Crippen molar-refractivity contribution in [3.05, 3.63) is 11.1 Å². The van der Waals surface area contributed by atoms with Crippen molar-refractivity contribution in [3.63, 3.8) is 0 Å². The van der Waals surface area contributed by atoms with Crippen LogP contribution in [0.1, 0.15) is 25.1 Å². The first-order valence-electron chi connectivity index (χ1n) is 7.08. The summed E-state index contributed by atoms with van der Waals surface area (Å²) in [5.74, 6) is -0.326. The van der Waals surface area contributed by atoms with Crippen molar-refractivity contribution in [1.29, 1.82) is 0 Å². The number of rotatable bonds is 2. The number of alkyl halides is 3. The number of aromatic nitrogens is 1. The fourth-order valence-corrected chi connectivity index (χ4v) is 3.71. The first kappa shape index (κ1) is 16.0. The number of carbonyl (C=O) groups is 2. The molecule has 2 aliphatic heterocycles. The Hall–Kier alpha value is -1.84. The van der Waals surface area contributed by atoms with Gasteiger partial charge in [-0.2, -0.15) is 13.2 Å². The number of imide groups is 1. The van der Waals surface area contributed by atoms with Gasteiger partial charge in [-0.1, -0.05) is 11.3 Å². The molecule has 3 heterocycles. The molecule has 0 bridgehead atoms. The number of hydrogen-bond acceptors (Lipinski definition) is 5. The Bertz CT molecular complexity index is 660. The van der Waals surface area contributed by atoms with Crippen LogP contribution in [0.15, 0.2) is 6.20 Å². The van der Waals surface area contributed by atoms with Gasteiger partial charge in [0.1, 0.15) is 10.4 Å². The molecule has 126 valence electrons. The second kappa shape index (κ2) is 5.08. The number of nitrogens with zero attached hydrogens (tertiary/aromatic N) is 3. The van der Waals surface area contributed by atoms with Crippen LogP contribution in [0, 0.1) is 0 Å². The van der Waals surface area contributed by atoms with E-state index in [1.807, 2.05) is 0 Å². The molecule has 23 heavy (non-hydrogen) atoms. The van der Waals surface area contributed by atoms with Crippen LogP contribution in [-0.2, 0) is 11.0 Å². The minimum absolute atomic E-state index is 0.131. The molecule has 1 unspecified atom stereocenters. The Balaban J connectivity index is 1.80. The van der Waals surface area contributed by atoms with Crippen molar-refractivity contribution in [2.24, 2.45) is 0 Å². The second-order valence-corrected chi connectivity index (χ2v) is 6.97. The molecular formula is C13H15F3N4O2S.